The molecule has 4 rings (SSSR count). The smallest absolute Gasteiger partial charge is 0.243 e. The van der Waals surface area contributed by atoms with Crippen LogP contribution in [0.25, 0.3) is 0 Å². The second-order valence-corrected chi connectivity index (χ2v) is 10.2. The van der Waals surface area contributed by atoms with Crippen LogP contribution in [0.15, 0.2) is 29.2 Å². The first kappa shape index (κ1) is 21.3. The fraction of sp³-hybridized carbons (Fsp3) is 0.619. The molecule has 9 heteroatoms. The number of carbonyl (C=O) groups excluding carboxylic acids is 2. The van der Waals surface area contributed by atoms with E-state index < -0.39 is 10.0 Å². The maximum absolute atomic E-state index is 12.7. The van der Waals surface area contributed by atoms with Crippen molar-refractivity contribution in [1.29, 1.82) is 0 Å². The average molecular weight is 436 g/mol. The maximum Gasteiger partial charge on any atom is 0.243 e. The van der Waals surface area contributed by atoms with Crippen molar-refractivity contribution in [3.8, 4) is 0 Å². The normalized spacial score (nSPS) is 23.8. The zero-order valence-electron chi connectivity index (χ0n) is 17.1. The number of nitrogens with zero attached hydrogens (tertiary/aromatic N) is 2. The van der Waals surface area contributed by atoms with Gasteiger partial charge in [0.1, 0.15) is 0 Å². The summed E-state index contributed by atoms with van der Waals surface area (Å²) in [6.07, 6.45) is 4.67. The second-order valence-electron chi connectivity index (χ2n) is 8.26. The minimum absolute atomic E-state index is 0.0831. The lowest BCUT2D eigenvalue weighted by Gasteiger charge is -2.26. The molecule has 3 fully saturated rings. The summed E-state index contributed by atoms with van der Waals surface area (Å²) in [5.41, 5.74) is 0.821. The number of nitrogens with one attached hydrogen (secondary N) is 1. The number of benzene rings is 1. The molecule has 30 heavy (non-hydrogen) atoms. The van der Waals surface area contributed by atoms with Crippen LogP contribution >= 0.6 is 0 Å². The Morgan fingerprint density at radius 2 is 1.77 bits per heavy atom. The third-order valence-electron chi connectivity index (χ3n) is 6.29. The molecule has 1 atom stereocenters. The Kier molecular flexibility index (Phi) is 6.40. The van der Waals surface area contributed by atoms with E-state index in [2.05, 4.69) is 5.32 Å². The van der Waals surface area contributed by atoms with Crippen LogP contribution < -0.4 is 5.32 Å². The summed E-state index contributed by atoms with van der Waals surface area (Å²) in [6.45, 7) is 2.35. The van der Waals surface area contributed by atoms with Gasteiger partial charge in [-0.3, -0.25) is 9.59 Å². The van der Waals surface area contributed by atoms with E-state index >= 15 is 0 Å². The molecule has 1 saturated carbocycles. The van der Waals surface area contributed by atoms with E-state index in [1.165, 1.54) is 4.31 Å². The molecular formula is C21H29N3O5S. The van der Waals surface area contributed by atoms with Gasteiger partial charge in [-0.05, 0) is 30.5 Å². The molecule has 1 aromatic carbocycles. The van der Waals surface area contributed by atoms with Gasteiger partial charge in [0, 0.05) is 38.6 Å². The summed E-state index contributed by atoms with van der Waals surface area (Å²) in [5.74, 6) is -0.340. The van der Waals surface area contributed by atoms with E-state index in [0.29, 0.717) is 45.4 Å². The first-order chi connectivity index (χ1) is 14.4. The number of hydrogen-bond acceptors (Lipinski definition) is 5. The molecule has 2 aliphatic heterocycles. The molecule has 1 aliphatic carbocycles. The Morgan fingerprint density at radius 1 is 1.10 bits per heavy atom. The minimum Gasteiger partial charge on any atom is -0.379 e. The van der Waals surface area contributed by atoms with Crippen molar-refractivity contribution in [3.63, 3.8) is 0 Å². The molecule has 0 aromatic heterocycles. The summed E-state index contributed by atoms with van der Waals surface area (Å²) in [5, 5.41) is 2.90. The molecule has 8 nitrogen and oxygen atoms in total. The summed E-state index contributed by atoms with van der Waals surface area (Å²) in [4.78, 5) is 27.0. The monoisotopic (exact) mass is 435 g/mol. The van der Waals surface area contributed by atoms with Crippen molar-refractivity contribution in [1.82, 2.24) is 14.5 Å². The number of carbonyl (C=O) groups is 2. The molecule has 2 amide bonds. The first-order valence-corrected chi connectivity index (χ1v) is 12.1. The van der Waals surface area contributed by atoms with Crippen LogP contribution in [-0.4, -0.2) is 68.3 Å². The largest absolute Gasteiger partial charge is 0.379 e. The summed E-state index contributed by atoms with van der Waals surface area (Å²) >= 11 is 0. The van der Waals surface area contributed by atoms with Gasteiger partial charge in [0.05, 0.1) is 24.0 Å². The highest BCUT2D eigenvalue weighted by Crippen LogP contribution is 2.29. The molecular weight excluding hydrogens is 406 g/mol. The number of morpholine rings is 1. The van der Waals surface area contributed by atoms with Crippen LogP contribution in [0.2, 0.25) is 0 Å². The van der Waals surface area contributed by atoms with Crippen molar-refractivity contribution in [2.45, 2.75) is 49.6 Å². The standard InChI is InChI=1S/C21H29N3O5S/c25-20-13-17(15-24(20)18-3-1-2-4-18)21(26)22-14-16-5-7-19(8-6-16)30(27,28)23-9-11-29-12-10-23/h5-8,17-18H,1-4,9-15H2,(H,22,26)/t17-/m1/s1. The van der Waals surface area contributed by atoms with Crippen molar-refractivity contribution in [2.24, 2.45) is 5.92 Å². The number of hydrogen-bond donors (Lipinski definition) is 1. The van der Waals surface area contributed by atoms with Gasteiger partial charge in [0.15, 0.2) is 0 Å². The second kappa shape index (κ2) is 9.03. The van der Waals surface area contributed by atoms with Crippen LogP contribution in [0.4, 0.5) is 0 Å². The first-order valence-electron chi connectivity index (χ1n) is 10.7. The van der Waals surface area contributed by atoms with Crippen molar-refractivity contribution >= 4 is 21.8 Å². The van der Waals surface area contributed by atoms with Crippen LogP contribution in [0.5, 0.6) is 0 Å². The fourth-order valence-electron chi connectivity index (χ4n) is 4.52. The summed E-state index contributed by atoms with van der Waals surface area (Å²) < 4.78 is 32.0. The summed E-state index contributed by atoms with van der Waals surface area (Å²) in [6, 6.07) is 6.90. The van der Waals surface area contributed by atoms with Crippen LogP contribution in [0, 0.1) is 5.92 Å². The highest BCUT2D eigenvalue weighted by Gasteiger charge is 2.38. The topological polar surface area (TPSA) is 96.0 Å². The quantitative estimate of drug-likeness (QED) is 0.722. The van der Waals surface area contributed by atoms with Gasteiger partial charge in [0.25, 0.3) is 0 Å². The van der Waals surface area contributed by atoms with E-state index in [-0.39, 0.29) is 29.0 Å². The molecule has 2 heterocycles. The van der Waals surface area contributed by atoms with Gasteiger partial charge in [0.2, 0.25) is 21.8 Å². The minimum atomic E-state index is -3.52. The molecule has 3 aliphatic rings. The zero-order valence-corrected chi connectivity index (χ0v) is 17.9. The van der Waals surface area contributed by atoms with E-state index in [1.54, 1.807) is 24.3 Å². The van der Waals surface area contributed by atoms with E-state index in [0.717, 1.165) is 31.2 Å². The van der Waals surface area contributed by atoms with Crippen molar-refractivity contribution in [2.75, 3.05) is 32.8 Å². The van der Waals surface area contributed by atoms with E-state index in [1.807, 2.05) is 4.90 Å². The number of sulfonamides is 1. The molecule has 0 radical (unpaired) electrons. The van der Waals surface area contributed by atoms with Crippen molar-refractivity contribution in [3.05, 3.63) is 29.8 Å². The number of amides is 2. The zero-order chi connectivity index (χ0) is 21.1. The van der Waals surface area contributed by atoms with Crippen molar-refractivity contribution < 1.29 is 22.7 Å². The number of ether oxygens (including phenoxy) is 1. The van der Waals surface area contributed by atoms with Gasteiger partial charge in [-0.15, -0.1) is 0 Å². The molecule has 1 N–H and O–H groups in total. The third-order valence-corrected chi connectivity index (χ3v) is 8.21. The predicted molar refractivity (Wildman–Crippen MR) is 110 cm³/mol. The van der Waals surface area contributed by atoms with Crippen LogP contribution in [0.1, 0.15) is 37.7 Å². The molecule has 2 saturated heterocycles. The average Bonchev–Trinajstić information content (AvgIpc) is 3.42. The lowest BCUT2D eigenvalue weighted by Crippen LogP contribution is -2.40. The molecule has 0 spiro atoms. The molecule has 0 unspecified atom stereocenters. The van der Waals surface area contributed by atoms with Gasteiger partial charge in [-0.25, -0.2) is 8.42 Å². The van der Waals surface area contributed by atoms with Gasteiger partial charge in [-0.2, -0.15) is 4.31 Å². The Morgan fingerprint density at radius 3 is 2.43 bits per heavy atom. The Hall–Kier alpha value is -1.97. The maximum atomic E-state index is 12.7. The highest BCUT2D eigenvalue weighted by molar-refractivity contribution is 7.89. The summed E-state index contributed by atoms with van der Waals surface area (Å²) in [7, 11) is -3.52. The van der Waals surface area contributed by atoms with E-state index in [9.17, 15) is 18.0 Å². The van der Waals surface area contributed by atoms with E-state index in [4.69, 9.17) is 4.74 Å². The number of likely N-dealkylation sites (tertiary alicyclic amines) is 1. The van der Waals surface area contributed by atoms with Gasteiger partial charge in [-0.1, -0.05) is 25.0 Å². The third kappa shape index (κ3) is 4.53. The van der Waals surface area contributed by atoms with Gasteiger partial charge >= 0.3 is 0 Å². The van der Waals surface area contributed by atoms with Crippen LogP contribution in [-0.2, 0) is 30.9 Å². The van der Waals surface area contributed by atoms with Gasteiger partial charge < -0.3 is 15.0 Å². The fourth-order valence-corrected chi connectivity index (χ4v) is 5.93. The Labute approximate surface area is 177 Å². The lowest BCUT2D eigenvalue weighted by molar-refractivity contribution is -0.130. The predicted octanol–water partition coefficient (Wildman–Crippen LogP) is 1.11. The Balaban J connectivity index is 1.31. The number of rotatable bonds is 6. The molecule has 164 valence electrons. The molecule has 1 aromatic rings. The lowest BCUT2D eigenvalue weighted by atomic mass is 10.1. The SMILES string of the molecule is O=C(NCc1ccc(S(=O)(=O)N2CCOCC2)cc1)[C@@H]1CC(=O)N(C2CCCC2)C1. The highest BCUT2D eigenvalue weighted by atomic mass is 32.2. The van der Waals surface area contributed by atoms with Crippen LogP contribution in [0.3, 0.4) is 0 Å². The molecule has 0 bridgehead atoms. The Bertz CT molecular complexity index is 874.